The summed E-state index contributed by atoms with van der Waals surface area (Å²) in [4.78, 5) is 26.4. The van der Waals surface area contributed by atoms with Gasteiger partial charge in [-0.2, -0.15) is 0 Å². The van der Waals surface area contributed by atoms with E-state index < -0.39 is 11.7 Å². The first-order valence-corrected chi connectivity index (χ1v) is 8.50. The zero-order valence-corrected chi connectivity index (χ0v) is 14.9. The molecule has 0 heterocycles. The van der Waals surface area contributed by atoms with Crippen LogP contribution >= 0.6 is 0 Å². The molecular weight excluding hydrogens is 343 g/mol. The maximum absolute atomic E-state index is 13.6. The largest absolute Gasteiger partial charge is 0.337 e. The molecule has 0 radical (unpaired) electrons. The molecule has 136 valence electrons. The average molecular weight is 362 g/mol. The van der Waals surface area contributed by atoms with Crippen molar-refractivity contribution in [2.24, 2.45) is 0 Å². The van der Waals surface area contributed by atoms with Crippen LogP contribution in [-0.4, -0.2) is 23.8 Å². The van der Waals surface area contributed by atoms with Gasteiger partial charge in [0.25, 0.3) is 11.8 Å². The van der Waals surface area contributed by atoms with Gasteiger partial charge >= 0.3 is 0 Å². The molecule has 0 aromatic heterocycles. The molecule has 0 aliphatic carbocycles. The third-order valence-electron chi connectivity index (χ3n) is 4.13. The van der Waals surface area contributed by atoms with Crippen molar-refractivity contribution in [2.75, 3.05) is 12.4 Å². The topological polar surface area (TPSA) is 49.4 Å². The van der Waals surface area contributed by atoms with Gasteiger partial charge in [0.05, 0.1) is 5.69 Å². The van der Waals surface area contributed by atoms with Gasteiger partial charge in [-0.1, -0.05) is 42.5 Å². The Labute approximate surface area is 157 Å². The first kappa shape index (κ1) is 18.3. The van der Waals surface area contributed by atoms with Crippen LogP contribution in [0, 0.1) is 5.82 Å². The second-order valence-electron chi connectivity index (χ2n) is 6.16. The summed E-state index contributed by atoms with van der Waals surface area (Å²) in [5.41, 5.74) is 1.98. The molecule has 3 aromatic carbocycles. The Hall–Kier alpha value is -3.47. The smallest absolute Gasteiger partial charge is 0.255 e. The standard InChI is InChI=1S/C22H19FN2O2/c1-25(15-16-7-3-2-4-8-16)22(27)18-13-11-17(12-14-18)21(26)24-20-10-6-5-9-19(20)23/h2-14H,15H2,1H3,(H,24,26). The zero-order chi connectivity index (χ0) is 19.2. The van der Waals surface area contributed by atoms with Crippen LogP contribution in [0.15, 0.2) is 78.9 Å². The highest BCUT2D eigenvalue weighted by Gasteiger charge is 2.14. The second-order valence-corrected chi connectivity index (χ2v) is 6.16. The van der Waals surface area contributed by atoms with E-state index in [-0.39, 0.29) is 11.6 Å². The minimum atomic E-state index is -0.500. The number of carbonyl (C=O) groups excluding carboxylic acids is 2. The third-order valence-corrected chi connectivity index (χ3v) is 4.13. The predicted molar refractivity (Wildman–Crippen MR) is 103 cm³/mol. The quantitative estimate of drug-likeness (QED) is 0.734. The third kappa shape index (κ3) is 4.58. The lowest BCUT2D eigenvalue weighted by Crippen LogP contribution is -2.26. The van der Waals surface area contributed by atoms with Crippen LogP contribution in [0.2, 0.25) is 0 Å². The molecule has 0 atom stereocenters. The Morgan fingerprint density at radius 1 is 0.852 bits per heavy atom. The number of hydrogen-bond acceptors (Lipinski definition) is 2. The molecule has 4 nitrogen and oxygen atoms in total. The van der Waals surface area contributed by atoms with E-state index in [4.69, 9.17) is 0 Å². The lowest BCUT2D eigenvalue weighted by Gasteiger charge is -2.17. The number of amides is 2. The number of para-hydroxylation sites is 1. The van der Waals surface area contributed by atoms with Crippen molar-refractivity contribution in [2.45, 2.75) is 6.54 Å². The minimum Gasteiger partial charge on any atom is -0.337 e. The van der Waals surface area contributed by atoms with E-state index in [1.165, 1.54) is 12.1 Å². The van der Waals surface area contributed by atoms with Gasteiger partial charge in [0.15, 0.2) is 0 Å². The van der Waals surface area contributed by atoms with Crippen molar-refractivity contribution < 1.29 is 14.0 Å². The summed E-state index contributed by atoms with van der Waals surface area (Å²) in [5, 5.41) is 2.52. The Balaban J connectivity index is 1.66. The van der Waals surface area contributed by atoms with E-state index in [1.807, 2.05) is 30.3 Å². The highest BCUT2D eigenvalue weighted by molar-refractivity contribution is 6.05. The first-order chi connectivity index (χ1) is 13.0. The van der Waals surface area contributed by atoms with E-state index in [9.17, 15) is 14.0 Å². The molecule has 0 fully saturated rings. The number of nitrogens with one attached hydrogen (secondary N) is 1. The summed E-state index contributed by atoms with van der Waals surface area (Å²) < 4.78 is 13.6. The lowest BCUT2D eigenvalue weighted by atomic mass is 10.1. The average Bonchev–Trinajstić information content (AvgIpc) is 2.70. The normalized spacial score (nSPS) is 10.3. The molecule has 0 saturated carbocycles. The van der Waals surface area contributed by atoms with Gasteiger partial charge in [0.2, 0.25) is 0 Å². The summed E-state index contributed by atoms with van der Waals surface area (Å²) in [6, 6.07) is 22.0. The summed E-state index contributed by atoms with van der Waals surface area (Å²) in [6.45, 7) is 0.495. The minimum absolute atomic E-state index is 0.116. The van der Waals surface area contributed by atoms with Crippen LogP contribution in [0.3, 0.4) is 0 Å². The summed E-state index contributed by atoms with van der Waals surface area (Å²) >= 11 is 0. The van der Waals surface area contributed by atoms with Crippen molar-refractivity contribution in [3.05, 3.63) is 101 Å². The number of hydrogen-bond donors (Lipinski definition) is 1. The van der Waals surface area contributed by atoms with Gasteiger partial charge in [0, 0.05) is 24.7 Å². The molecule has 5 heteroatoms. The van der Waals surface area contributed by atoms with Gasteiger partial charge in [-0.3, -0.25) is 9.59 Å². The van der Waals surface area contributed by atoms with Crippen LogP contribution < -0.4 is 5.32 Å². The fourth-order valence-corrected chi connectivity index (χ4v) is 2.67. The van der Waals surface area contributed by atoms with Crippen molar-refractivity contribution >= 4 is 17.5 Å². The van der Waals surface area contributed by atoms with E-state index in [0.29, 0.717) is 17.7 Å². The fraction of sp³-hybridized carbons (Fsp3) is 0.0909. The lowest BCUT2D eigenvalue weighted by molar-refractivity contribution is 0.0784. The maximum Gasteiger partial charge on any atom is 0.255 e. The van der Waals surface area contributed by atoms with E-state index >= 15 is 0 Å². The van der Waals surface area contributed by atoms with Crippen LogP contribution in [0.5, 0.6) is 0 Å². The van der Waals surface area contributed by atoms with Crippen LogP contribution in [0.1, 0.15) is 26.3 Å². The molecule has 0 bridgehead atoms. The van der Waals surface area contributed by atoms with Crippen molar-refractivity contribution in [3.8, 4) is 0 Å². The summed E-state index contributed by atoms with van der Waals surface area (Å²) in [5.74, 6) is -1.07. The van der Waals surface area contributed by atoms with Crippen molar-refractivity contribution in [1.82, 2.24) is 4.90 Å². The van der Waals surface area contributed by atoms with Gasteiger partial charge < -0.3 is 10.2 Å². The highest BCUT2D eigenvalue weighted by Crippen LogP contribution is 2.15. The summed E-state index contributed by atoms with van der Waals surface area (Å²) in [6.07, 6.45) is 0. The van der Waals surface area contributed by atoms with Crippen LogP contribution in [0.25, 0.3) is 0 Å². The Morgan fingerprint density at radius 2 is 1.44 bits per heavy atom. The SMILES string of the molecule is CN(Cc1ccccc1)C(=O)c1ccc(C(=O)Nc2ccccc2F)cc1. The maximum atomic E-state index is 13.6. The molecule has 27 heavy (non-hydrogen) atoms. The van der Waals surface area contributed by atoms with Gasteiger partial charge in [-0.15, -0.1) is 0 Å². The van der Waals surface area contributed by atoms with Crippen LogP contribution in [-0.2, 0) is 6.54 Å². The number of carbonyl (C=O) groups is 2. The first-order valence-electron chi connectivity index (χ1n) is 8.50. The Morgan fingerprint density at radius 3 is 2.11 bits per heavy atom. The number of nitrogens with zero attached hydrogens (tertiary/aromatic N) is 1. The van der Waals surface area contributed by atoms with Gasteiger partial charge in [-0.25, -0.2) is 4.39 Å². The predicted octanol–water partition coefficient (Wildman–Crippen LogP) is 4.35. The molecule has 2 amide bonds. The van der Waals surface area contributed by atoms with Gasteiger partial charge in [0.1, 0.15) is 5.82 Å². The van der Waals surface area contributed by atoms with Crippen molar-refractivity contribution in [1.29, 1.82) is 0 Å². The molecule has 0 saturated heterocycles. The van der Waals surface area contributed by atoms with E-state index in [1.54, 1.807) is 48.3 Å². The molecule has 1 N–H and O–H groups in total. The number of anilines is 1. The zero-order valence-electron chi connectivity index (χ0n) is 14.9. The fourth-order valence-electron chi connectivity index (χ4n) is 2.67. The monoisotopic (exact) mass is 362 g/mol. The Bertz CT molecular complexity index is 940. The second kappa shape index (κ2) is 8.27. The number of rotatable bonds is 5. The Kier molecular flexibility index (Phi) is 5.61. The van der Waals surface area contributed by atoms with E-state index in [2.05, 4.69) is 5.32 Å². The molecule has 0 aliphatic rings. The number of halogens is 1. The van der Waals surface area contributed by atoms with Crippen LogP contribution in [0.4, 0.5) is 10.1 Å². The molecular formula is C22H19FN2O2. The molecule has 0 unspecified atom stereocenters. The summed E-state index contributed by atoms with van der Waals surface area (Å²) in [7, 11) is 1.73. The molecule has 0 spiro atoms. The highest BCUT2D eigenvalue weighted by atomic mass is 19.1. The molecule has 3 aromatic rings. The van der Waals surface area contributed by atoms with Gasteiger partial charge in [-0.05, 0) is 42.0 Å². The molecule has 0 aliphatic heterocycles. The number of benzene rings is 3. The van der Waals surface area contributed by atoms with Crippen molar-refractivity contribution in [3.63, 3.8) is 0 Å². The van der Waals surface area contributed by atoms with E-state index in [0.717, 1.165) is 5.56 Å². The molecule has 3 rings (SSSR count).